The van der Waals surface area contributed by atoms with E-state index in [0.29, 0.717) is 0 Å². The normalized spacial score (nSPS) is 13.5. The van der Waals surface area contributed by atoms with Crippen LogP contribution in [0.4, 0.5) is 14.5 Å². The predicted octanol–water partition coefficient (Wildman–Crippen LogP) is 1.09. The summed E-state index contributed by atoms with van der Waals surface area (Å²) in [5.74, 6) is -1.63. The molecule has 0 aliphatic rings. The first-order valence-electron chi connectivity index (χ1n) is 4.44. The number of anilines is 1. The van der Waals surface area contributed by atoms with Crippen LogP contribution in [0.15, 0.2) is 18.2 Å². The fourth-order valence-corrected chi connectivity index (χ4v) is 1.79. The molecule has 1 rings (SSSR count). The lowest BCUT2D eigenvalue weighted by Crippen LogP contribution is -2.28. The van der Waals surface area contributed by atoms with Gasteiger partial charge in [-0.05, 0) is 19.1 Å². The van der Waals surface area contributed by atoms with E-state index in [2.05, 4.69) is 0 Å². The zero-order chi connectivity index (χ0) is 12.3. The number of halogens is 2. The minimum absolute atomic E-state index is 0.472. The highest BCUT2D eigenvalue weighted by Crippen LogP contribution is 2.17. The molecule has 4 nitrogen and oxygen atoms in total. The van der Waals surface area contributed by atoms with E-state index in [1.165, 1.54) is 6.92 Å². The lowest BCUT2D eigenvalue weighted by Gasteiger charge is -2.12. The smallest absolute Gasteiger partial charge is 0.237 e. The van der Waals surface area contributed by atoms with Gasteiger partial charge in [-0.3, -0.25) is 4.72 Å². The molecule has 0 amide bonds. The van der Waals surface area contributed by atoms with Crippen molar-refractivity contribution >= 4 is 15.7 Å². The second-order valence-electron chi connectivity index (χ2n) is 3.26. The van der Waals surface area contributed by atoms with Crippen LogP contribution in [0.1, 0.15) is 6.92 Å². The van der Waals surface area contributed by atoms with Crippen LogP contribution in [0.2, 0.25) is 0 Å². The van der Waals surface area contributed by atoms with E-state index in [9.17, 15) is 17.2 Å². The van der Waals surface area contributed by atoms with Gasteiger partial charge < -0.3 is 5.11 Å². The third-order valence-corrected chi connectivity index (χ3v) is 3.68. The van der Waals surface area contributed by atoms with Gasteiger partial charge >= 0.3 is 0 Å². The van der Waals surface area contributed by atoms with E-state index >= 15 is 0 Å². The summed E-state index contributed by atoms with van der Waals surface area (Å²) >= 11 is 0. The Hall–Kier alpha value is -1.21. The van der Waals surface area contributed by atoms with Gasteiger partial charge in [-0.25, -0.2) is 17.2 Å². The van der Waals surface area contributed by atoms with Crippen molar-refractivity contribution in [3.8, 4) is 0 Å². The molecule has 0 spiro atoms. The lowest BCUT2D eigenvalue weighted by atomic mass is 10.3. The van der Waals surface area contributed by atoms with Crippen LogP contribution in [0.3, 0.4) is 0 Å². The van der Waals surface area contributed by atoms with E-state index < -0.39 is 39.2 Å². The second kappa shape index (κ2) is 4.75. The third kappa shape index (κ3) is 2.89. The number of sulfonamides is 1. The first-order valence-corrected chi connectivity index (χ1v) is 5.99. The van der Waals surface area contributed by atoms with E-state index in [4.69, 9.17) is 5.11 Å². The topological polar surface area (TPSA) is 66.4 Å². The summed E-state index contributed by atoms with van der Waals surface area (Å²) in [5.41, 5.74) is -0.472. The van der Waals surface area contributed by atoms with Gasteiger partial charge in [-0.15, -0.1) is 0 Å². The first kappa shape index (κ1) is 12.9. The maximum Gasteiger partial charge on any atom is 0.237 e. The largest absolute Gasteiger partial charge is 0.395 e. The second-order valence-corrected chi connectivity index (χ2v) is 5.36. The van der Waals surface area contributed by atoms with Crippen LogP contribution in [0.5, 0.6) is 0 Å². The van der Waals surface area contributed by atoms with Crippen LogP contribution < -0.4 is 4.72 Å². The number of rotatable bonds is 4. The molecule has 0 radical (unpaired) electrons. The van der Waals surface area contributed by atoms with Crippen molar-refractivity contribution in [2.45, 2.75) is 12.2 Å². The zero-order valence-electron chi connectivity index (χ0n) is 8.44. The minimum atomic E-state index is -3.91. The molecule has 0 fully saturated rings. The van der Waals surface area contributed by atoms with E-state index in [1.807, 2.05) is 4.72 Å². The van der Waals surface area contributed by atoms with Crippen LogP contribution in [-0.2, 0) is 10.0 Å². The Kier molecular flexibility index (Phi) is 3.82. The highest BCUT2D eigenvalue weighted by atomic mass is 32.2. The van der Waals surface area contributed by atoms with E-state index in [0.717, 1.165) is 18.2 Å². The predicted molar refractivity (Wildman–Crippen MR) is 55.4 cm³/mol. The number of aliphatic hydroxyl groups is 1. The molecule has 0 saturated carbocycles. The number of hydrogen-bond acceptors (Lipinski definition) is 3. The maximum absolute atomic E-state index is 13.1. The Morgan fingerprint density at radius 1 is 1.44 bits per heavy atom. The van der Waals surface area contributed by atoms with Gasteiger partial charge in [0.2, 0.25) is 10.0 Å². The standard InChI is InChI=1S/C9H11F2NO3S/c1-6(5-13)16(14,15)12-9-4-7(10)2-3-8(9)11/h2-4,6,12-13H,5H2,1H3. The number of hydrogen-bond donors (Lipinski definition) is 2. The Bertz CT molecular complexity index is 476. The van der Waals surface area contributed by atoms with Crippen LogP contribution >= 0.6 is 0 Å². The van der Waals surface area contributed by atoms with Crippen molar-refractivity contribution in [3.05, 3.63) is 29.8 Å². The Morgan fingerprint density at radius 3 is 2.62 bits per heavy atom. The fraction of sp³-hybridized carbons (Fsp3) is 0.333. The molecule has 0 aliphatic heterocycles. The summed E-state index contributed by atoms with van der Waals surface area (Å²) in [6.07, 6.45) is 0. The highest BCUT2D eigenvalue weighted by Gasteiger charge is 2.21. The highest BCUT2D eigenvalue weighted by molar-refractivity contribution is 7.93. The molecule has 0 bridgehead atoms. The quantitative estimate of drug-likeness (QED) is 0.841. The molecule has 1 aromatic carbocycles. The van der Waals surface area contributed by atoms with Crippen molar-refractivity contribution < 1.29 is 22.3 Å². The average molecular weight is 251 g/mol. The molecule has 0 heterocycles. The molecule has 7 heteroatoms. The van der Waals surface area contributed by atoms with Crippen molar-refractivity contribution in [1.82, 2.24) is 0 Å². The number of nitrogens with one attached hydrogen (secondary N) is 1. The molecular weight excluding hydrogens is 240 g/mol. The van der Waals surface area contributed by atoms with Crippen LogP contribution in [0.25, 0.3) is 0 Å². The Labute approximate surface area is 92.0 Å². The van der Waals surface area contributed by atoms with Crippen molar-refractivity contribution in [1.29, 1.82) is 0 Å². The monoisotopic (exact) mass is 251 g/mol. The zero-order valence-corrected chi connectivity index (χ0v) is 9.26. The summed E-state index contributed by atoms with van der Waals surface area (Å²) in [6, 6.07) is 2.43. The Balaban J connectivity index is 3.01. The maximum atomic E-state index is 13.1. The van der Waals surface area contributed by atoms with Crippen LogP contribution in [-0.4, -0.2) is 25.4 Å². The summed E-state index contributed by atoms with van der Waals surface area (Å²) < 4.78 is 50.6. The molecule has 0 saturated heterocycles. The van der Waals surface area contributed by atoms with Gasteiger partial charge in [0.25, 0.3) is 0 Å². The molecule has 90 valence electrons. The molecule has 2 N–H and O–H groups in total. The summed E-state index contributed by atoms with van der Waals surface area (Å²) in [7, 11) is -3.91. The minimum Gasteiger partial charge on any atom is -0.395 e. The van der Waals surface area contributed by atoms with E-state index in [-0.39, 0.29) is 0 Å². The van der Waals surface area contributed by atoms with Gasteiger partial charge in [-0.1, -0.05) is 0 Å². The SMILES string of the molecule is CC(CO)S(=O)(=O)Nc1cc(F)ccc1F. The molecule has 1 unspecified atom stereocenters. The lowest BCUT2D eigenvalue weighted by molar-refractivity contribution is 0.296. The van der Waals surface area contributed by atoms with Gasteiger partial charge in [0, 0.05) is 6.07 Å². The Morgan fingerprint density at radius 2 is 2.06 bits per heavy atom. The third-order valence-electron chi connectivity index (χ3n) is 1.97. The molecular formula is C9H11F2NO3S. The molecule has 1 atom stereocenters. The van der Waals surface area contributed by atoms with Crippen LogP contribution in [0, 0.1) is 11.6 Å². The number of aliphatic hydroxyl groups excluding tert-OH is 1. The molecule has 1 aromatic rings. The number of benzene rings is 1. The van der Waals surface area contributed by atoms with Gasteiger partial charge in [0.1, 0.15) is 16.9 Å². The summed E-state index contributed by atoms with van der Waals surface area (Å²) in [6.45, 7) is 0.645. The molecule has 0 aromatic heterocycles. The first-order chi connectivity index (χ1) is 7.36. The van der Waals surface area contributed by atoms with Crippen molar-refractivity contribution in [3.63, 3.8) is 0 Å². The van der Waals surface area contributed by atoms with E-state index in [1.54, 1.807) is 0 Å². The fourth-order valence-electron chi connectivity index (χ4n) is 0.928. The molecule has 16 heavy (non-hydrogen) atoms. The average Bonchev–Trinajstić information content (AvgIpc) is 2.22. The van der Waals surface area contributed by atoms with Gasteiger partial charge in [0.05, 0.1) is 12.3 Å². The van der Waals surface area contributed by atoms with Crippen molar-refractivity contribution in [2.24, 2.45) is 0 Å². The van der Waals surface area contributed by atoms with Gasteiger partial charge in [0.15, 0.2) is 0 Å². The molecule has 0 aliphatic carbocycles. The van der Waals surface area contributed by atoms with Gasteiger partial charge in [-0.2, -0.15) is 0 Å². The summed E-state index contributed by atoms with van der Waals surface area (Å²) in [4.78, 5) is 0. The van der Waals surface area contributed by atoms with Crippen molar-refractivity contribution in [2.75, 3.05) is 11.3 Å². The summed E-state index contributed by atoms with van der Waals surface area (Å²) in [5, 5.41) is 7.58.